The van der Waals surface area contributed by atoms with E-state index in [1.807, 2.05) is 6.07 Å². The van der Waals surface area contributed by atoms with Crippen LogP contribution < -0.4 is 24.8 Å². The van der Waals surface area contributed by atoms with Crippen molar-refractivity contribution >= 4 is 34.5 Å². The lowest BCUT2D eigenvalue weighted by molar-refractivity contribution is 0.101. The van der Waals surface area contributed by atoms with Crippen LogP contribution in [-0.4, -0.2) is 32.2 Å². The summed E-state index contributed by atoms with van der Waals surface area (Å²) < 4.78 is 15.9. The lowest BCUT2D eigenvalue weighted by Gasteiger charge is -2.16. The minimum absolute atomic E-state index is 0.00726. The van der Waals surface area contributed by atoms with Gasteiger partial charge in [0, 0.05) is 29.1 Å². The van der Waals surface area contributed by atoms with Crippen molar-refractivity contribution in [3.8, 4) is 17.2 Å². The normalized spacial score (nSPS) is 9.92. The second-order valence-electron chi connectivity index (χ2n) is 5.13. The molecule has 0 bridgehead atoms. The van der Waals surface area contributed by atoms with Crippen molar-refractivity contribution in [2.24, 2.45) is 0 Å². The van der Waals surface area contributed by atoms with Crippen LogP contribution in [0.5, 0.6) is 17.2 Å². The number of benzene rings is 2. The van der Waals surface area contributed by atoms with Crippen LogP contribution in [0, 0.1) is 0 Å². The Morgan fingerprint density at radius 1 is 0.920 bits per heavy atom. The SMILES string of the molecule is COc1cc(NC(=S)Nc2cccc(C(C)=O)c2)cc(OC)c1OC. The highest BCUT2D eigenvalue weighted by atomic mass is 32.1. The van der Waals surface area contributed by atoms with Crippen LogP contribution in [0.4, 0.5) is 11.4 Å². The topological polar surface area (TPSA) is 68.8 Å². The Balaban J connectivity index is 2.17. The fourth-order valence-electron chi connectivity index (χ4n) is 2.26. The second-order valence-corrected chi connectivity index (χ2v) is 5.54. The summed E-state index contributed by atoms with van der Waals surface area (Å²) in [6, 6.07) is 10.6. The highest BCUT2D eigenvalue weighted by Gasteiger charge is 2.13. The van der Waals surface area contributed by atoms with Crippen molar-refractivity contribution in [1.82, 2.24) is 0 Å². The van der Waals surface area contributed by atoms with Crippen molar-refractivity contribution in [2.45, 2.75) is 6.92 Å². The number of thiocarbonyl (C=S) groups is 1. The van der Waals surface area contributed by atoms with Gasteiger partial charge in [-0.3, -0.25) is 4.79 Å². The van der Waals surface area contributed by atoms with Crippen molar-refractivity contribution in [2.75, 3.05) is 32.0 Å². The van der Waals surface area contributed by atoms with E-state index in [4.69, 9.17) is 26.4 Å². The third-order valence-corrected chi connectivity index (χ3v) is 3.65. The number of hydrogen-bond acceptors (Lipinski definition) is 5. The predicted octanol–water partition coefficient (Wildman–Crippen LogP) is 3.72. The van der Waals surface area contributed by atoms with Gasteiger partial charge in [0.2, 0.25) is 5.75 Å². The van der Waals surface area contributed by atoms with Gasteiger partial charge in [-0.2, -0.15) is 0 Å². The molecule has 25 heavy (non-hydrogen) atoms. The molecule has 2 N–H and O–H groups in total. The third kappa shape index (κ3) is 4.60. The number of Topliss-reactive ketones (excluding diaryl/α,β-unsaturated/α-hetero) is 1. The average molecular weight is 360 g/mol. The van der Waals surface area contributed by atoms with E-state index in [0.717, 1.165) is 5.69 Å². The van der Waals surface area contributed by atoms with Crippen LogP contribution >= 0.6 is 12.2 Å². The molecular formula is C18H20N2O4S. The van der Waals surface area contributed by atoms with Gasteiger partial charge in [-0.25, -0.2) is 0 Å². The maximum atomic E-state index is 11.5. The van der Waals surface area contributed by atoms with E-state index in [0.29, 0.717) is 33.6 Å². The lowest BCUT2D eigenvalue weighted by Crippen LogP contribution is -2.19. The Labute approximate surface area is 152 Å². The van der Waals surface area contributed by atoms with Crippen LogP contribution in [-0.2, 0) is 0 Å². The summed E-state index contributed by atoms with van der Waals surface area (Å²) in [5.74, 6) is 1.53. The number of anilines is 2. The molecule has 132 valence electrons. The van der Waals surface area contributed by atoms with Crippen LogP contribution in [0.3, 0.4) is 0 Å². The lowest BCUT2D eigenvalue weighted by atomic mass is 10.1. The Kier molecular flexibility index (Phi) is 6.19. The van der Waals surface area contributed by atoms with Gasteiger partial charge in [-0.15, -0.1) is 0 Å². The Morgan fingerprint density at radius 2 is 1.52 bits per heavy atom. The van der Waals surface area contributed by atoms with Gasteiger partial charge in [0.15, 0.2) is 22.4 Å². The van der Waals surface area contributed by atoms with Crippen LogP contribution in [0.25, 0.3) is 0 Å². The van der Waals surface area contributed by atoms with Gasteiger partial charge in [0.05, 0.1) is 21.3 Å². The van der Waals surface area contributed by atoms with Gasteiger partial charge in [0.1, 0.15) is 0 Å². The van der Waals surface area contributed by atoms with E-state index < -0.39 is 0 Å². The molecule has 2 aromatic carbocycles. The van der Waals surface area contributed by atoms with Crippen molar-refractivity contribution in [3.63, 3.8) is 0 Å². The molecule has 0 heterocycles. The van der Waals surface area contributed by atoms with Crippen LogP contribution in [0.2, 0.25) is 0 Å². The van der Waals surface area contributed by atoms with Gasteiger partial charge in [0.25, 0.3) is 0 Å². The zero-order valence-electron chi connectivity index (χ0n) is 14.5. The Morgan fingerprint density at radius 3 is 2.04 bits per heavy atom. The minimum Gasteiger partial charge on any atom is -0.493 e. The molecule has 0 amide bonds. The number of ether oxygens (including phenoxy) is 3. The van der Waals surface area contributed by atoms with E-state index in [1.165, 1.54) is 6.92 Å². The summed E-state index contributed by atoms with van der Waals surface area (Å²) in [7, 11) is 4.64. The average Bonchev–Trinajstić information content (AvgIpc) is 2.60. The number of hydrogen-bond donors (Lipinski definition) is 2. The van der Waals surface area contributed by atoms with Gasteiger partial charge < -0.3 is 24.8 Å². The summed E-state index contributed by atoms with van der Waals surface area (Å²) in [6.45, 7) is 1.52. The summed E-state index contributed by atoms with van der Waals surface area (Å²) in [5.41, 5.74) is 2.01. The smallest absolute Gasteiger partial charge is 0.203 e. The maximum Gasteiger partial charge on any atom is 0.203 e. The highest BCUT2D eigenvalue weighted by Crippen LogP contribution is 2.39. The van der Waals surface area contributed by atoms with E-state index in [1.54, 1.807) is 51.7 Å². The number of nitrogens with one attached hydrogen (secondary N) is 2. The first-order valence-electron chi connectivity index (χ1n) is 7.47. The largest absolute Gasteiger partial charge is 0.493 e. The molecule has 0 saturated carbocycles. The molecule has 0 aromatic heterocycles. The first kappa shape index (κ1) is 18.5. The van der Waals surface area contributed by atoms with Crippen molar-refractivity contribution < 1.29 is 19.0 Å². The maximum absolute atomic E-state index is 11.5. The molecule has 0 spiro atoms. The van der Waals surface area contributed by atoms with Gasteiger partial charge >= 0.3 is 0 Å². The number of methoxy groups -OCH3 is 3. The Bertz CT molecular complexity index is 767. The molecule has 6 nitrogen and oxygen atoms in total. The number of carbonyl (C=O) groups excluding carboxylic acids is 1. The fourth-order valence-corrected chi connectivity index (χ4v) is 2.50. The molecule has 0 aliphatic heterocycles. The van der Waals surface area contributed by atoms with Crippen LogP contribution in [0.15, 0.2) is 36.4 Å². The molecule has 2 rings (SSSR count). The van der Waals surface area contributed by atoms with Gasteiger partial charge in [-0.05, 0) is 31.3 Å². The zero-order chi connectivity index (χ0) is 18.4. The summed E-state index contributed by atoms with van der Waals surface area (Å²) in [4.78, 5) is 11.5. The van der Waals surface area contributed by atoms with Crippen molar-refractivity contribution in [3.05, 3.63) is 42.0 Å². The minimum atomic E-state index is -0.00726. The van der Waals surface area contributed by atoms with E-state index in [9.17, 15) is 4.79 Å². The molecule has 2 aromatic rings. The molecule has 7 heteroatoms. The van der Waals surface area contributed by atoms with Gasteiger partial charge in [-0.1, -0.05) is 12.1 Å². The second kappa shape index (κ2) is 8.34. The molecule has 0 aliphatic carbocycles. The molecule has 0 atom stereocenters. The van der Waals surface area contributed by atoms with E-state index >= 15 is 0 Å². The summed E-state index contributed by atoms with van der Waals surface area (Å²) in [5, 5.41) is 6.47. The Hall–Kier alpha value is -2.80. The number of rotatable bonds is 6. The standard InChI is InChI=1S/C18H20N2O4S/c1-11(21)12-6-5-7-13(8-12)19-18(25)20-14-9-15(22-2)17(24-4)16(10-14)23-3/h5-10H,1-4H3,(H2,19,20,25). The molecule has 0 radical (unpaired) electrons. The monoisotopic (exact) mass is 360 g/mol. The van der Waals surface area contributed by atoms with Crippen molar-refractivity contribution in [1.29, 1.82) is 0 Å². The quantitative estimate of drug-likeness (QED) is 0.601. The zero-order valence-corrected chi connectivity index (χ0v) is 15.3. The third-order valence-electron chi connectivity index (χ3n) is 3.45. The molecule has 0 saturated heterocycles. The van der Waals surface area contributed by atoms with Crippen LogP contribution in [0.1, 0.15) is 17.3 Å². The van der Waals surface area contributed by atoms with E-state index in [-0.39, 0.29) is 5.78 Å². The summed E-state index contributed by atoms with van der Waals surface area (Å²) in [6.07, 6.45) is 0. The number of carbonyl (C=O) groups is 1. The number of ketones is 1. The first-order chi connectivity index (χ1) is 12.0. The molecular weight excluding hydrogens is 340 g/mol. The highest BCUT2D eigenvalue weighted by molar-refractivity contribution is 7.80. The molecule has 0 unspecified atom stereocenters. The summed E-state index contributed by atoms with van der Waals surface area (Å²) >= 11 is 5.33. The fraction of sp³-hybridized carbons (Fsp3) is 0.222. The first-order valence-corrected chi connectivity index (χ1v) is 7.88. The van der Waals surface area contributed by atoms with E-state index in [2.05, 4.69) is 10.6 Å². The molecule has 0 fully saturated rings. The molecule has 0 aliphatic rings. The predicted molar refractivity (Wildman–Crippen MR) is 102 cm³/mol.